The second-order valence-corrected chi connectivity index (χ2v) is 3.97. The van der Waals surface area contributed by atoms with E-state index >= 15 is 0 Å². The van der Waals surface area contributed by atoms with Crippen LogP contribution in [0.4, 0.5) is 0 Å². The zero-order chi connectivity index (χ0) is 13.4. The van der Waals surface area contributed by atoms with Crippen molar-refractivity contribution in [3.8, 4) is 11.5 Å². The van der Waals surface area contributed by atoms with Crippen molar-refractivity contribution in [1.82, 2.24) is 5.43 Å². The van der Waals surface area contributed by atoms with Gasteiger partial charge in [0.1, 0.15) is 0 Å². The zero-order valence-electron chi connectivity index (χ0n) is 11.2. The van der Waals surface area contributed by atoms with E-state index in [2.05, 4.69) is 5.43 Å². The van der Waals surface area contributed by atoms with Gasteiger partial charge in [-0.3, -0.25) is 11.3 Å². The number of rotatable bonds is 8. The van der Waals surface area contributed by atoms with Crippen molar-refractivity contribution in [2.75, 3.05) is 27.9 Å². The molecule has 0 amide bonds. The lowest BCUT2D eigenvalue weighted by molar-refractivity contribution is 0.189. The van der Waals surface area contributed by atoms with Crippen LogP contribution in [-0.4, -0.2) is 27.9 Å². The highest BCUT2D eigenvalue weighted by Gasteiger charge is 2.12. The van der Waals surface area contributed by atoms with Crippen molar-refractivity contribution in [2.24, 2.45) is 5.84 Å². The summed E-state index contributed by atoms with van der Waals surface area (Å²) >= 11 is 0. The maximum Gasteiger partial charge on any atom is 0.161 e. The number of hydrogen-bond donors (Lipinski definition) is 2. The molecule has 0 heterocycles. The summed E-state index contributed by atoms with van der Waals surface area (Å²) < 4.78 is 15.5. The molecule has 0 fully saturated rings. The molecule has 102 valence electrons. The van der Waals surface area contributed by atoms with Gasteiger partial charge in [-0.1, -0.05) is 6.07 Å². The Morgan fingerprint density at radius 1 is 1.17 bits per heavy atom. The maximum absolute atomic E-state index is 5.59. The van der Waals surface area contributed by atoms with Gasteiger partial charge in [0.05, 0.1) is 14.2 Å². The Kier molecular flexibility index (Phi) is 6.49. The highest BCUT2D eigenvalue weighted by atomic mass is 16.5. The van der Waals surface area contributed by atoms with Crippen LogP contribution in [0.3, 0.4) is 0 Å². The molecule has 1 unspecified atom stereocenters. The Morgan fingerprint density at radius 2 is 1.89 bits per heavy atom. The molecule has 5 nitrogen and oxygen atoms in total. The van der Waals surface area contributed by atoms with Crippen LogP contribution in [0.2, 0.25) is 0 Å². The predicted molar refractivity (Wildman–Crippen MR) is 70.7 cm³/mol. The van der Waals surface area contributed by atoms with Gasteiger partial charge in [0.25, 0.3) is 0 Å². The minimum Gasteiger partial charge on any atom is -0.493 e. The molecular weight excluding hydrogens is 232 g/mol. The quantitative estimate of drug-likeness (QED) is 0.419. The Balaban J connectivity index is 2.79. The molecule has 1 aromatic carbocycles. The largest absolute Gasteiger partial charge is 0.493 e. The second kappa shape index (κ2) is 7.92. The van der Waals surface area contributed by atoms with Crippen LogP contribution in [-0.2, 0) is 4.74 Å². The third kappa shape index (κ3) is 3.87. The molecule has 0 bridgehead atoms. The number of nitrogens with two attached hydrogens (primary N) is 1. The highest BCUT2D eigenvalue weighted by molar-refractivity contribution is 5.43. The Morgan fingerprint density at radius 3 is 2.44 bits per heavy atom. The molecule has 0 saturated carbocycles. The van der Waals surface area contributed by atoms with E-state index in [-0.39, 0.29) is 6.04 Å². The molecule has 5 heteroatoms. The van der Waals surface area contributed by atoms with Gasteiger partial charge < -0.3 is 14.2 Å². The number of nitrogens with one attached hydrogen (secondary N) is 1. The molecule has 3 N–H and O–H groups in total. The number of methoxy groups -OCH3 is 3. The van der Waals surface area contributed by atoms with Gasteiger partial charge in [-0.05, 0) is 30.5 Å². The van der Waals surface area contributed by atoms with Crippen LogP contribution in [0.15, 0.2) is 18.2 Å². The lowest BCUT2D eigenvalue weighted by Crippen LogP contribution is -2.28. The van der Waals surface area contributed by atoms with E-state index < -0.39 is 0 Å². The molecule has 1 rings (SSSR count). The third-order valence-corrected chi connectivity index (χ3v) is 2.85. The molecular formula is C13H22N2O3. The van der Waals surface area contributed by atoms with E-state index in [0.29, 0.717) is 11.5 Å². The SMILES string of the molecule is COCCCC(NN)c1ccc(OC)c(OC)c1. The predicted octanol–water partition coefficient (Wildman–Crippen LogP) is 1.63. The molecule has 0 aromatic heterocycles. The van der Waals surface area contributed by atoms with Crippen LogP contribution >= 0.6 is 0 Å². The summed E-state index contributed by atoms with van der Waals surface area (Å²) in [6.07, 6.45) is 1.85. The second-order valence-electron chi connectivity index (χ2n) is 3.97. The van der Waals surface area contributed by atoms with Crippen molar-refractivity contribution in [2.45, 2.75) is 18.9 Å². The maximum atomic E-state index is 5.59. The van der Waals surface area contributed by atoms with Crippen molar-refractivity contribution in [3.63, 3.8) is 0 Å². The summed E-state index contributed by atoms with van der Waals surface area (Å²) in [7, 11) is 4.94. The minimum absolute atomic E-state index is 0.0833. The number of hydrazine groups is 1. The molecule has 0 aliphatic rings. The average Bonchev–Trinajstić information content (AvgIpc) is 2.43. The lowest BCUT2D eigenvalue weighted by Gasteiger charge is -2.18. The zero-order valence-corrected chi connectivity index (χ0v) is 11.2. The molecule has 1 atom stereocenters. The van der Waals surface area contributed by atoms with Crippen LogP contribution in [0.5, 0.6) is 11.5 Å². The van der Waals surface area contributed by atoms with Crippen molar-refractivity contribution < 1.29 is 14.2 Å². The van der Waals surface area contributed by atoms with Crippen LogP contribution in [0.25, 0.3) is 0 Å². The van der Waals surface area contributed by atoms with Crippen LogP contribution < -0.4 is 20.7 Å². The topological polar surface area (TPSA) is 65.7 Å². The van der Waals surface area contributed by atoms with Gasteiger partial charge >= 0.3 is 0 Å². The fourth-order valence-electron chi connectivity index (χ4n) is 1.85. The van der Waals surface area contributed by atoms with E-state index in [9.17, 15) is 0 Å². The van der Waals surface area contributed by atoms with E-state index in [0.717, 1.165) is 25.0 Å². The number of benzene rings is 1. The number of hydrogen-bond acceptors (Lipinski definition) is 5. The first-order valence-corrected chi connectivity index (χ1v) is 5.93. The first-order chi connectivity index (χ1) is 8.76. The molecule has 0 spiro atoms. The van der Waals surface area contributed by atoms with Crippen LogP contribution in [0, 0.1) is 0 Å². The van der Waals surface area contributed by atoms with Gasteiger partial charge in [0.2, 0.25) is 0 Å². The van der Waals surface area contributed by atoms with E-state index in [1.165, 1.54) is 0 Å². The van der Waals surface area contributed by atoms with Crippen LogP contribution in [0.1, 0.15) is 24.4 Å². The van der Waals surface area contributed by atoms with E-state index in [4.69, 9.17) is 20.1 Å². The first kappa shape index (κ1) is 14.8. The summed E-state index contributed by atoms with van der Waals surface area (Å²) in [5.41, 5.74) is 3.89. The fourth-order valence-corrected chi connectivity index (χ4v) is 1.85. The summed E-state index contributed by atoms with van der Waals surface area (Å²) in [4.78, 5) is 0. The normalized spacial score (nSPS) is 12.2. The lowest BCUT2D eigenvalue weighted by atomic mass is 10.0. The first-order valence-electron chi connectivity index (χ1n) is 5.93. The standard InChI is InChI=1S/C13H22N2O3/c1-16-8-4-5-11(15-14)10-6-7-12(17-2)13(9-10)18-3/h6-7,9,11,15H,4-5,8,14H2,1-3H3. The van der Waals surface area contributed by atoms with Crippen molar-refractivity contribution >= 4 is 0 Å². The van der Waals surface area contributed by atoms with Gasteiger partial charge in [0, 0.05) is 19.8 Å². The van der Waals surface area contributed by atoms with Gasteiger partial charge in [0.15, 0.2) is 11.5 Å². The summed E-state index contributed by atoms with van der Waals surface area (Å²) in [6, 6.07) is 5.89. The molecule has 0 aliphatic carbocycles. The number of ether oxygens (including phenoxy) is 3. The summed E-state index contributed by atoms with van der Waals surface area (Å²) in [6.45, 7) is 0.728. The smallest absolute Gasteiger partial charge is 0.161 e. The van der Waals surface area contributed by atoms with E-state index in [1.54, 1.807) is 21.3 Å². The molecule has 0 radical (unpaired) electrons. The summed E-state index contributed by atoms with van der Waals surface area (Å²) in [5, 5.41) is 0. The minimum atomic E-state index is 0.0833. The monoisotopic (exact) mass is 254 g/mol. The Bertz CT molecular complexity index is 358. The third-order valence-electron chi connectivity index (χ3n) is 2.85. The molecule has 0 saturated heterocycles. The van der Waals surface area contributed by atoms with Gasteiger partial charge in [-0.2, -0.15) is 0 Å². The average molecular weight is 254 g/mol. The van der Waals surface area contributed by atoms with Gasteiger partial charge in [-0.15, -0.1) is 0 Å². The van der Waals surface area contributed by atoms with Crippen molar-refractivity contribution in [3.05, 3.63) is 23.8 Å². The van der Waals surface area contributed by atoms with E-state index in [1.807, 2.05) is 18.2 Å². The molecule has 18 heavy (non-hydrogen) atoms. The molecule has 0 aliphatic heterocycles. The van der Waals surface area contributed by atoms with Gasteiger partial charge in [-0.25, -0.2) is 0 Å². The highest BCUT2D eigenvalue weighted by Crippen LogP contribution is 2.30. The van der Waals surface area contributed by atoms with Crippen molar-refractivity contribution in [1.29, 1.82) is 0 Å². The molecule has 1 aromatic rings. The Labute approximate surface area is 108 Å². The summed E-state index contributed by atoms with van der Waals surface area (Å²) in [5.74, 6) is 7.01. The fraction of sp³-hybridized carbons (Fsp3) is 0.538. The Hall–Kier alpha value is -1.30.